The SMILES string of the molecule is O=C(O)c1nc(-c2c(F)cccc2F)[nH]c1CCC12CC3CC(CC(C3)C1)C2. The van der Waals surface area contributed by atoms with Gasteiger partial charge in [0.15, 0.2) is 5.69 Å². The number of nitrogens with zero attached hydrogens (tertiary/aromatic N) is 1. The molecule has 4 aliphatic rings. The van der Waals surface area contributed by atoms with Gasteiger partial charge in [-0.2, -0.15) is 0 Å². The summed E-state index contributed by atoms with van der Waals surface area (Å²) >= 11 is 0. The topological polar surface area (TPSA) is 66.0 Å². The number of aryl methyl sites for hydroxylation is 1. The number of imidazole rings is 1. The lowest BCUT2D eigenvalue weighted by Gasteiger charge is -2.57. The molecule has 4 saturated carbocycles. The first-order valence-corrected chi connectivity index (χ1v) is 10.2. The van der Waals surface area contributed by atoms with E-state index in [1.54, 1.807) is 0 Å². The van der Waals surface area contributed by atoms with Crippen LogP contribution in [0.1, 0.15) is 61.1 Å². The summed E-state index contributed by atoms with van der Waals surface area (Å²) in [5, 5.41) is 9.56. The number of carboxylic acid groups (broad SMARTS) is 1. The van der Waals surface area contributed by atoms with Crippen LogP contribution in [0, 0.1) is 34.8 Å². The minimum Gasteiger partial charge on any atom is -0.476 e. The van der Waals surface area contributed by atoms with Gasteiger partial charge in [-0.05, 0) is 86.7 Å². The van der Waals surface area contributed by atoms with Crippen molar-refractivity contribution in [2.75, 3.05) is 0 Å². The molecule has 28 heavy (non-hydrogen) atoms. The standard InChI is InChI=1S/C22H24F2N2O2/c23-15-2-1-3-16(24)18(15)20-25-17(19(26-20)21(27)28)4-5-22-9-12-6-13(10-22)8-14(7-12)11-22/h1-3,12-14H,4-11H2,(H,25,26)(H,27,28). The number of carboxylic acids is 1. The normalized spacial score (nSPS) is 30.7. The minimum atomic E-state index is -1.17. The lowest BCUT2D eigenvalue weighted by Crippen LogP contribution is -2.46. The second-order valence-corrected chi connectivity index (χ2v) is 9.23. The van der Waals surface area contributed by atoms with Crippen molar-refractivity contribution in [3.63, 3.8) is 0 Å². The Morgan fingerprint density at radius 1 is 1.11 bits per heavy atom. The highest BCUT2D eigenvalue weighted by Crippen LogP contribution is 2.61. The minimum absolute atomic E-state index is 0.0477. The van der Waals surface area contributed by atoms with Crippen LogP contribution in [0.15, 0.2) is 18.2 Å². The number of benzene rings is 1. The van der Waals surface area contributed by atoms with Gasteiger partial charge >= 0.3 is 5.97 Å². The molecular weight excluding hydrogens is 362 g/mol. The maximum Gasteiger partial charge on any atom is 0.356 e. The molecule has 1 aromatic heterocycles. The predicted octanol–water partition coefficient (Wildman–Crippen LogP) is 5.20. The van der Waals surface area contributed by atoms with E-state index in [0.29, 0.717) is 17.5 Å². The summed E-state index contributed by atoms with van der Waals surface area (Å²) in [6.07, 6.45) is 9.27. The molecule has 2 N–H and O–H groups in total. The van der Waals surface area contributed by atoms with E-state index < -0.39 is 17.6 Å². The van der Waals surface area contributed by atoms with Crippen molar-refractivity contribution in [3.8, 4) is 11.4 Å². The van der Waals surface area contributed by atoms with Crippen LogP contribution in [0.2, 0.25) is 0 Å². The second kappa shape index (κ2) is 6.39. The predicted molar refractivity (Wildman–Crippen MR) is 99.8 cm³/mol. The van der Waals surface area contributed by atoms with Crippen LogP contribution in [0.25, 0.3) is 11.4 Å². The van der Waals surface area contributed by atoms with E-state index >= 15 is 0 Å². The summed E-state index contributed by atoms with van der Waals surface area (Å²) in [5.74, 6) is -0.231. The highest BCUT2D eigenvalue weighted by atomic mass is 19.1. The van der Waals surface area contributed by atoms with Crippen LogP contribution in [-0.2, 0) is 6.42 Å². The lowest BCUT2D eigenvalue weighted by molar-refractivity contribution is -0.0571. The number of carbonyl (C=O) groups is 1. The largest absolute Gasteiger partial charge is 0.476 e. The van der Waals surface area contributed by atoms with Crippen LogP contribution in [-0.4, -0.2) is 21.0 Å². The first-order valence-electron chi connectivity index (χ1n) is 10.2. The maximum atomic E-state index is 14.1. The average Bonchev–Trinajstić information content (AvgIpc) is 3.03. The first kappa shape index (κ1) is 17.8. The van der Waals surface area contributed by atoms with Crippen molar-refractivity contribution in [3.05, 3.63) is 41.2 Å². The Kier molecular flexibility index (Phi) is 4.07. The van der Waals surface area contributed by atoms with Gasteiger partial charge in [0.25, 0.3) is 0 Å². The molecule has 0 amide bonds. The van der Waals surface area contributed by atoms with Gasteiger partial charge in [0.2, 0.25) is 0 Å². The van der Waals surface area contributed by atoms with Gasteiger partial charge in [0, 0.05) is 5.69 Å². The van der Waals surface area contributed by atoms with Gasteiger partial charge < -0.3 is 10.1 Å². The molecule has 6 rings (SSSR count). The number of H-pyrrole nitrogens is 1. The first-order chi connectivity index (χ1) is 13.4. The molecule has 4 aliphatic carbocycles. The van der Waals surface area contributed by atoms with Crippen LogP contribution >= 0.6 is 0 Å². The third kappa shape index (κ3) is 2.93. The second-order valence-electron chi connectivity index (χ2n) is 9.23. The number of rotatable bonds is 5. The maximum absolute atomic E-state index is 14.1. The van der Waals surface area contributed by atoms with E-state index in [4.69, 9.17) is 0 Å². The molecular formula is C22H24F2N2O2. The molecule has 0 atom stereocenters. The van der Waals surface area contributed by atoms with E-state index in [9.17, 15) is 18.7 Å². The zero-order valence-electron chi connectivity index (χ0n) is 15.7. The van der Waals surface area contributed by atoms with E-state index in [1.807, 2.05) is 0 Å². The summed E-state index contributed by atoms with van der Waals surface area (Å²) in [7, 11) is 0. The van der Waals surface area contributed by atoms with E-state index in [-0.39, 0.29) is 17.1 Å². The highest BCUT2D eigenvalue weighted by molar-refractivity contribution is 5.87. The van der Waals surface area contributed by atoms with Gasteiger partial charge in [-0.1, -0.05) is 6.07 Å². The van der Waals surface area contributed by atoms with E-state index in [0.717, 1.165) is 36.3 Å². The van der Waals surface area contributed by atoms with E-state index in [1.165, 1.54) is 44.6 Å². The molecule has 1 heterocycles. The lowest BCUT2D eigenvalue weighted by atomic mass is 9.48. The van der Waals surface area contributed by atoms with Crippen LogP contribution in [0.4, 0.5) is 8.78 Å². The van der Waals surface area contributed by atoms with Crippen LogP contribution in [0.5, 0.6) is 0 Å². The Morgan fingerprint density at radius 2 is 1.68 bits per heavy atom. The average molecular weight is 386 g/mol. The fourth-order valence-corrected chi connectivity index (χ4v) is 6.60. The zero-order valence-corrected chi connectivity index (χ0v) is 15.7. The molecule has 0 radical (unpaired) electrons. The third-order valence-corrected chi connectivity index (χ3v) is 7.25. The number of nitrogens with one attached hydrogen (secondary N) is 1. The highest BCUT2D eigenvalue weighted by Gasteiger charge is 2.50. The molecule has 0 aliphatic heterocycles. The zero-order chi connectivity index (χ0) is 19.5. The van der Waals surface area contributed by atoms with Gasteiger partial charge in [-0.3, -0.25) is 0 Å². The number of aromatic carboxylic acids is 1. The van der Waals surface area contributed by atoms with Gasteiger partial charge in [-0.25, -0.2) is 18.6 Å². The molecule has 0 spiro atoms. The Bertz CT molecular complexity index is 881. The molecule has 0 unspecified atom stereocenters. The summed E-state index contributed by atoms with van der Waals surface area (Å²) in [4.78, 5) is 18.6. The molecule has 4 nitrogen and oxygen atoms in total. The quantitative estimate of drug-likeness (QED) is 0.742. The smallest absolute Gasteiger partial charge is 0.356 e. The number of hydrogen-bond acceptors (Lipinski definition) is 2. The van der Waals surface area contributed by atoms with Gasteiger partial charge in [-0.15, -0.1) is 0 Å². The molecule has 4 bridgehead atoms. The summed E-state index contributed by atoms with van der Waals surface area (Å²) < 4.78 is 28.2. The molecule has 4 fully saturated rings. The number of hydrogen-bond donors (Lipinski definition) is 2. The summed E-state index contributed by atoms with van der Waals surface area (Å²) in [6, 6.07) is 3.58. The molecule has 1 aromatic carbocycles. The fourth-order valence-electron chi connectivity index (χ4n) is 6.60. The Hall–Kier alpha value is -2.24. The fraction of sp³-hybridized carbons (Fsp3) is 0.545. The Balaban J connectivity index is 1.42. The van der Waals surface area contributed by atoms with Crippen molar-refractivity contribution in [1.29, 1.82) is 0 Å². The van der Waals surface area contributed by atoms with Gasteiger partial charge in [0.1, 0.15) is 17.5 Å². The van der Waals surface area contributed by atoms with Crippen molar-refractivity contribution in [2.24, 2.45) is 23.2 Å². The van der Waals surface area contributed by atoms with Gasteiger partial charge in [0.05, 0.1) is 5.56 Å². The van der Waals surface area contributed by atoms with Crippen molar-refractivity contribution in [2.45, 2.75) is 51.4 Å². The Morgan fingerprint density at radius 3 is 2.21 bits per heavy atom. The van der Waals surface area contributed by atoms with Crippen molar-refractivity contribution < 1.29 is 18.7 Å². The van der Waals surface area contributed by atoms with Crippen molar-refractivity contribution >= 4 is 5.97 Å². The number of halogens is 2. The van der Waals surface area contributed by atoms with Crippen LogP contribution in [0.3, 0.4) is 0 Å². The Labute approximate surface area is 162 Å². The van der Waals surface area contributed by atoms with Crippen molar-refractivity contribution in [1.82, 2.24) is 9.97 Å². The number of aromatic amines is 1. The molecule has 2 aromatic rings. The van der Waals surface area contributed by atoms with E-state index in [2.05, 4.69) is 9.97 Å². The summed E-state index contributed by atoms with van der Waals surface area (Å²) in [5.41, 5.74) is 0.355. The molecule has 0 saturated heterocycles. The number of aromatic nitrogens is 2. The van der Waals surface area contributed by atoms with Crippen LogP contribution < -0.4 is 0 Å². The monoisotopic (exact) mass is 386 g/mol. The molecule has 6 heteroatoms. The third-order valence-electron chi connectivity index (χ3n) is 7.25. The molecule has 148 valence electrons. The summed E-state index contributed by atoms with van der Waals surface area (Å²) in [6.45, 7) is 0.